The molecular formula is C25H30ClN5O4. The summed E-state index contributed by atoms with van der Waals surface area (Å²) in [5.74, 6) is -0.645. The van der Waals surface area contributed by atoms with Crippen LogP contribution in [0.25, 0.3) is 11.0 Å². The summed E-state index contributed by atoms with van der Waals surface area (Å²) < 4.78 is 6.52. The summed E-state index contributed by atoms with van der Waals surface area (Å²) in [6.07, 6.45) is 5.05. The lowest BCUT2D eigenvalue weighted by Crippen LogP contribution is -2.28. The highest BCUT2D eigenvalue weighted by Crippen LogP contribution is 2.32. The molecule has 9 nitrogen and oxygen atoms in total. The zero-order chi connectivity index (χ0) is 25.9. The third-order valence-corrected chi connectivity index (χ3v) is 5.75. The van der Waals surface area contributed by atoms with Gasteiger partial charge in [-0.15, -0.1) is 0 Å². The van der Waals surface area contributed by atoms with Crippen molar-refractivity contribution < 1.29 is 19.1 Å². The number of fused-ring (bicyclic) bond motifs is 2. The van der Waals surface area contributed by atoms with Crippen LogP contribution < -0.4 is 11.1 Å². The lowest BCUT2D eigenvalue weighted by Gasteiger charge is -2.15. The van der Waals surface area contributed by atoms with Crippen molar-refractivity contribution >= 4 is 45.4 Å². The van der Waals surface area contributed by atoms with E-state index in [9.17, 15) is 14.4 Å². The maximum absolute atomic E-state index is 12.9. The molecule has 2 aromatic heterocycles. The first-order valence-corrected chi connectivity index (χ1v) is 11.5. The van der Waals surface area contributed by atoms with E-state index >= 15 is 0 Å². The normalized spacial score (nSPS) is 14.6. The van der Waals surface area contributed by atoms with Crippen molar-refractivity contribution in [1.82, 2.24) is 19.9 Å². The average Bonchev–Trinajstić information content (AvgIpc) is 3.31. The number of benzene rings is 1. The van der Waals surface area contributed by atoms with Gasteiger partial charge in [-0.05, 0) is 53.1 Å². The van der Waals surface area contributed by atoms with Crippen molar-refractivity contribution in [2.24, 2.45) is 12.5 Å². The summed E-state index contributed by atoms with van der Waals surface area (Å²) >= 11 is 5.12. The molecule has 186 valence electrons. The number of nitrogens with one attached hydrogen (secondary N) is 1. The summed E-state index contributed by atoms with van der Waals surface area (Å²) in [7, 11) is 3.16. The fraction of sp³-hybridized carbons (Fsp3) is 0.400. The van der Waals surface area contributed by atoms with E-state index in [4.69, 9.17) is 22.1 Å². The van der Waals surface area contributed by atoms with Crippen LogP contribution in [0.4, 0.5) is 5.69 Å². The monoisotopic (exact) mass is 499 g/mol. The van der Waals surface area contributed by atoms with E-state index in [0.717, 1.165) is 24.0 Å². The van der Waals surface area contributed by atoms with Crippen LogP contribution in [-0.4, -0.2) is 38.8 Å². The molecule has 1 atom stereocenters. The molecule has 0 saturated heterocycles. The Morgan fingerprint density at radius 3 is 2.57 bits per heavy atom. The third kappa shape index (κ3) is 6.16. The topological polar surface area (TPSA) is 129 Å². The van der Waals surface area contributed by atoms with Crippen LogP contribution in [0.15, 0.2) is 30.7 Å². The SMILES string of the molecule is CC(C)(C)CC(=O)Cl.COC(=O)c1ccc2c(c1)CC[C@@H]2NC(=O)c1ncnc2c(N)cn(C)c12. The Balaban J connectivity index is 0.000000371. The number of aromatic nitrogens is 3. The van der Waals surface area contributed by atoms with Gasteiger partial charge in [-0.1, -0.05) is 26.8 Å². The van der Waals surface area contributed by atoms with Crippen molar-refractivity contribution in [2.45, 2.75) is 46.1 Å². The van der Waals surface area contributed by atoms with Crippen LogP contribution in [0.2, 0.25) is 0 Å². The standard InChI is InChI=1S/C19H19N5O3.C6H11ClO/c1-24-8-13(20)15-17(24)16(22-9-21-15)18(25)23-14-6-4-10-7-11(19(26)27-2)3-5-12(10)14;1-6(2,3)4-5(7)8/h3,5,7-9,14H,4,6,20H2,1-2H3,(H,23,25);4H2,1-3H3/t14-;/m0./s1. The number of nitrogens with zero attached hydrogens (tertiary/aromatic N) is 3. The Kier molecular flexibility index (Phi) is 7.80. The van der Waals surface area contributed by atoms with Crippen molar-refractivity contribution in [3.8, 4) is 0 Å². The average molecular weight is 500 g/mol. The number of anilines is 1. The molecule has 0 aliphatic heterocycles. The van der Waals surface area contributed by atoms with Gasteiger partial charge in [0.1, 0.15) is 17.4 Å². The number of hydrogen-bond acceptors (Lipinski definition) is 7. The molecule has 0 fully saturated rings. The lowest BCUT2D eigenvalue weighted by atomic mass is 9.93. The maximum Gasteiger partial charge on any atom is 0.337 e. The molecule has 4 rings (SSSR count). The minimum atomic E-state index is -0.366. The number of halogens is 1. The predicted molar refractivity (Wildman–Crippen MR) is 134 cm³/mol. The van der Waals surface area contributed by atoms with Gasteiger partial charge >= 0.3 is 5.97 Å². The number of methoxy groups -OCH3 is 1. The number of nitrogen functional groups attached to an aromatic ring is 1. The number of carbonyl (C=O) groups is 3. The van der Waals surface area contributed by atoms with Crippen molar-refractivity contribution in [3.05, 3.63) is 53.1 Å². The largest absolute Gasteiger partial charge is 0.465 e. The van der Waals surface area contributed by atoms with Gasteiger partial charge in [-0.2, -0.15) is 0 Å². The summed E-state index contributed by atoms with van der Waals surface area (Å²) in [4.78, 5) is 43.1. The zero-order valence-corrected chi connectivity index (χ0v) is 21.3. The lowest BCUT2D eigenvalue weighted by molar-refractivity contribution is -0.113. The van der Waals surface area contributed by atoms with Crippen molar-refractivity contribution in [3.63, 3.8) is 0 Å². The van der Waals surface area contributed by atoms with Crippen LogP contribution in [-0.2, 0) is 23.0 Å². The highest BCUT2D eigenvalue weighted by molar-refractivity contribution is 6.63. The number of carbonyl (C=O) groups excluding carboxylic acids is 3. The van der Waals surface area contributed by atoms with Crippen molar-refractivity contribution in [1.29, 1.82) is 0 Å². The second-order valence-corrected chi connectivity index (χ2v) is 10.1. The number of nitrogens with two attached hydrogens (primary N) is 1. The first kappa shape index (κ1) is 26.2. The van der Waals surface area contributed by atoms with E-state index in [-0.39, 0.29) is 28.6 Å². The molecule has 1 aliphatic carbocycles. The molecule has 2 heterocycles. The minimum absolute atomic E-state index is 0.0405. The molecule has 35 heavy (non-hydrogen) atoms. The van der Waals surface area contributed by atoms with Gasteiger partial charge in [0, 0.05) is 19.7 Å². The van der Waals surface area contributed by atoms with E-state index in [1.807, 2.05) is 32.9 Å². The van der Waals surface area contributed by atoms with Crippen LogP contribution in [0, 0.1) is 5.41 Å². The van der Waals surface area contributed by atoms with Gasteiger partial charge in [0.05, 0.1) is 24.4 Å². The van der Waals surface area contributed by atoms with Crippen LogP contribution in [0.3, 0.4) is 0 Å². The van der Waals surface area contributed by atoms with Gasteiger partial charge in [0.2, 0.25) is 5.24 Å². The highest BCUT2D eigenvalue weighted by atomic mass is 35.5. The first-order valence-electron chi connectivity index (χ1n) is 11.2. The van der Waals surface area contributed by atoms with Crippen LogP contribution in [0.1, 0.15) is 71.6 Å². The van der Waals surface area contributed by atoms with Gasteiger partial charge in [-0.3, -0.25) is 9.59 Å². The molecule has 1 amide bonds. The summed E-state index contributed by atoms with van der Waals surface area (Å²) in [6, 6.07) is 5.28. The van der Waals surface area contributed by atoms with E-state index in [2.05, 4.69) is 15.3 Å². The molecule has 1 aromatic carbocycles. The molecule has 3 aromatic rings. The Hall–Kier alpha value is -3.46. The smallest absolute Gasteiger partial charge is 0.337 e. The molecule has 1 aliphatic rings. The van der Waals surface area contributed by atoms with Gasteiger partial charge in [-0.25, -0.2) is 14.8 Å². The molecular weight excluding hydrogens is 470 g/mol. The number of esters is 1. The van der Waals surface area contributed by atoms with E-state index in [1.165, 1.54) is 13.4 Å². The summed E-state index contributed by atoms with van der Waals surface area (Å²) in [5, 5.41) is 2.79. The second-order valence-electron chi connectivity index (χ2n) is 9.68. The van der Waals surface area contributed by atoms with Gasteiger partial charge in [0.15, 0.2) is 5.69 Å². The number of hydrogen-bond donors (Lipinski definition) is 2. The molecule has 3 N–H and O–H groups in total. The number of aryl methyl sites for hydroxylation is 2. The quantitative estimate of drug-likeness (QED) is 0.410. The third-order valence-electron chi connectivity index (χ3n) is 5.61. The Morgan fingerprint density at radius 1 is 1.26 bits per heavy atom. The molecule has 10 heteroatoms. The second kappa shape index (κ2) is 10.4. The zero-order valence-electron chi connectivity index (χ0n) is 20.5. The predicted octanol–water partition coefficient (Wildman–Crippen LogP) is 3.94. The Labute approximate surface area is 209 Å². The molecule has 0 bridgehead atoms. The summed E-state index contributed by atoms with van der Waals surface area (Å²) in [6.45, 7) is 5.94. The maximum atomic E-state index is 12.9. The molecule has 0 radical (unpaired) electrons. The summed E-state index contributed by atoms with van der Waals surface area (Å²) in [5.41, 5.74) is 10.5. The first-order chi connectivity index (χ1) is 16.4. The highest BCUT2D eigenvalue weighted by Gasteiger charge is 2.27. The van der Waals surface area contributed by atoms with Gasteiger partial charge < -0.3 is 20.4 Å². The fourth-order valence-corrected chi connectivity index (χ4v) is 4.48. The minimum Gasteiger partial charge on any atom is -0.465 e. The van der Waals surface area contributed by atoms with Crippen molar-refractivity contribution in [2.75, 3.05) is 12.8 Å². The number of amides is 1. The van der Waals surface area contributed by atoms with Crippen LogP contribution in [0.5, 0.6) is 0 Å². The molecule has 0 unspecified atom stereocenters. The Bertz CT molecular complexity index is 1280. The Morgan fingerprint density at radius 2 is 1.97 bits per heavy atom. The van der Waals surface area contributed by atoms with E-state index in [1.54, 1.807) is 23.9 Å². The molecule has 0 spiro atoms. The van der Waals surface area contributed by atoms with E-state index in [0.29, 0.717) is 34.4 Å². The molecule has 0 saturated carbocycles. The van der Waals surface area contributed by atoms with Crippen LogP contribution >= 0.6 is 11.6 Å². The van der Waals surface area contributed by atoms with Gasteiger partial charge in [0.25, 0.3) is 5.91 Å². The van der Waals surface area contributed by atoms with E-state index < -0.39 is 0 Å². The number of rotatable bonds is 4. The fourth-order valence-electron chi connectivity index (χ4n) is 4.08. The number of ether oxygens (including phenoxy) is 1.